The van der Waals surface area contributed by atoms with E-state index in [4.69, 9.17) is 10.5 Å². The van der Waals surface area contributed by atoms with Crippen molar-refractivity contribution in [3.05, 3.63) is 28.0 Å². The molecule has 0 radical (unpaired) electrons. The van der Waals surface area contributed by atoms with Gasteiger partial charge in [-0.25, -0.2) is 4.39 Å². The first-order valence-electron chi connectivity index (χ1n) is 5.18. The molecule has 0 aliphatic heterocycles. The van der Waals surface area contributed by atoms with E-state index in [9.17, 15) is 4.39 Å². The first-order valence-corrected chi connectivity index (χ1v) is 5.97. The van der Waals surface area contributed by atoms with Gasteiger partial charge in [-0.2, -0.15) is 0 Å². The van der Waals surface area contributed by atoms with E-state index >= 15 is 0 Å². The third-order valence-corrected chi connectivity index (χ3v) is 3.96. The van der Waals surface area contributed by atoms with Gasteiger partial charge in [0.1, 0.15) is 11.6 Å². The highest BCUT2D eigenvalue weighted by Crippen LogP contribution is 2.59. The van der Waals surface area contributed by atoms with Gasteiger partial charge in [0.2, 0.25) is 0 Å². The molecule has 1 aromatic rings. The summed E-state index contributed by atoms with van der Waals surface area (Å²) in [4.78, 5) is 0. The van der Waals surface area contributed by atoms with Crippen LogP contribution in [-0.2, 0) is 0 Å². The zero-order chi connectivity index (χ0) is 12.1. The molecule has 1 aliphatic carbocycles. The highest BCUT2D eigenvalue weighted by atomic mass is 79.9. The van der Waals surface area contributed by atoms with E-state index in [0.29, 0.717) is 15.8 Å². The molecule has 0 saturated heterocycles. The highest BCUT2D eigenvalue weighted by molar-refractivity contribution is 9.10. The van der Waals surface area contributed by atoms with Crippen LogP contribution in [0.5, 0.6) is 5.75 Å². The van der Waals surface area contributed by atoms with Crippen molar-refractivity contribution >= 4 is 15.9 Å². The van der Waals surface area contributed by atoms with E-state index in [0.717, 1.165) is 0 Å². The van der Waals surface area contributed by atoms with E-state index in [1.54, 1.807) is 13.2 Å². The Morgan fingerprint density at radius 1 is 1.44 bits per heavy atom. The SMILES string of the molecule is COc1cc(Br)cc(F)c1[C@@H]1[C@@H](N)C1(C)C. The number of hydrogen-bond donors (Lipinski definition) is 1. The van der Waals surface area contributed by atoms with Gasteiger partial charge in [0.25, 0.3) is 0 Å². The summed E-state index contributed by atoms with van der Waals surface area (Å²) in [6.07, 6.45) is 0. The second kappa shape index (κ2) is 3.70. The van der Waals surface area contributed by atoms with E-state index < -0.39 is 0 Å². The van der Waals surface area contributed by atoms with Crippen LogP contribution in [0.2, 0.25) is 0 Å². The summed E-state index contributed by atoms with van der Waals surface area (Å²) in [6, 6.07) is 3.23. The summed E-state index contributed by atoms with van der Waals surface area (Å²) in [5.41, 5.74) is 6.52. The summed E-state index contributed by atoms with van der Waals surface area (Å²) in [5, 5.41) is 0. The Hall–Kier alpha value is -0.610. The lowest BCUT2D eigenvalue weighted by atomic mass is 10.0. The maximum absolute atomic E-state index is 13.9. The molecule has 0 spiro atoms. The second-order valence-corrected chi connectivity index (χ2v) is 5.74. The van der Waals surface area contributed by atoms with Crippen LogP contribution in [0.15, 0.2) is 16.6 Å². The molecule has 16 heavy (non-hydrogen) atoms. The number of benzene rings is 1. The molecule has 0 aromatic heterocycles. The summed E-state index contributed by atoms with van der Waals surface area (Å²) >= 11 is 3.25. The zero-order valence-corrected chi connectivity index (χ0v) is 11.1. The van der Waals surface area contributed by atoms with Gasteiger partial charge in [0, 0.05) is 22.0 Å². The molecule has 2 nitrogen and oxygen atoms in total. The Morgan fingerprint density at radius 3 is 2.44 bits per heavy atom. The number of ether oxygens (including phenoxy) is 1. The minimum atomic E-state index is -0.253. The smallest absolute Gasteiger partial charge is 0.131 e. The third-order valence-electron chi connectivity index (χ3n) is 3.50. The minimum absolute atomic E-state index is 0.00271. The molecule has 1 fully saturated rings. The normalized spacial score (nSPS) is 26.6. The van der Waals surface area contributed by atoms with Crippen LogP contribution in [0.25, 0.3) is 0 Å². The van der Waals surface area contributed by atoms with Crippen molar-refractivity contribution in [3.8, 4) is 5.75 Å². The quantitative estimate of drug-likeness (QED) is 0.907. The summed E-state index contributed by atoms with van der Waals surface area (Å²) in [5.74, 6) is 0.352. The van der Waals surface area contributed by atoms with Crippen LogP contribution in [0, 0.1) is 11.2 Å². The molecule has 0 amide bonds. The highest BCUT2D eigenvalue weighted by Gasteiger charge is 2.58. The topological polar surface area (TPSA) is 35.2 Å². The molecular formula is C12H15BrFNO. The molecule has 2 N–H and O–H groups in total. The summed E-state index contributed by atoms with van der Waals surface area (Å²) < 4.78 is 19.8. The Balaban J connectivity index is 2.49. The van der Waals surface area contributed by atoms with E-state index in [1.807, 2.05) is 13.8 Å². The predicted molar refractivity (Wildman–Crippen MR) is 65.1 cm³/mol. The van der Waals surface area contributed by atoms with E-state index in [-0.39, 0.29) is 23.2 Å². The fraction of sp³-hybridized carbons (Fsp3) is 0.500. The van der Waals surface area contributed by atoms with Crippen LogP contribution in [0.4, 0.5) is 4.39 Å². The average molecular weight is 288 g/mol. The number of halogens is 2. The molecule has 1 aromatic carbocycles. The monoisotopic (exact) mass is 287 g/mol. The molecule has 1 aliphatic rings. The predicted octanol–water partition coefficient (Wildman–Crippen LogP) is 3.05. The first-order chi connectivity index (χ1) is 7.39. The van der Waals surface area contributed by atoms with E-state index in [2.05, 4.69) is 15.9 Å². The molecule has 0 unspecified atom stereocenters. The van der Waals surface area contributed by atoms with Crippen molar-refractivity contribution in [2.75, 3.05) is 7.11 Å². The third kappa shape index (κ3) is 1.64. The fourth-order valence-corrected chi connectivity index (χ4v) is 2.67. The van der Waals surface area contributed by atoms with Crippen molar-refractivity contribution in [1.29, 1.82) is 0 Å². The Morgan fingerprint density at radius 2 is 2.00 bits per heavy atom. The van der Waals surface area contributed by atoms with Crippen molar-refractivity contribution < 1.29 is 9.13 Å². The zero-order valence-electron chi connectivity index (χ0n) is 9.55. The number of hydrogen-bond acceptors (Lipinski definition) is 2. The largest absolute Gasteiger partial charge is 0.496 e. The van der Waals surface area contributed by atoms with Crippen LogP contribution >= 0.6 is 15.9 Å². The van der Waals surface area contributed by atoms with Crippen LogP contribution in [0.1, 0.15) is 25.3 Å². The summed E-state index contributed by atoms with van der Waals surface area (Å²) in [7, 11) is 1.55. The lowest BCUT2D eigenvalue weighted by Crippen LogP contribution is -2.06. The maximum atomic E-state index is 13.9. The van der Waals surface area contributed by atoms with Gasteiger partial charge in [-0.15, -0.1) is 0 Å². The number of nitrogens with two attached hydrogens (primary N) is 1. The van der Waals surface area contributed by atoms with Gasteiger partial charge in [0.05, 0.1) is 7.11 Å². The van der Waals surface area contributed by atoms with Crippen LogP contribution in [-0.4, -0.2) is 13.2 Å². The molecular weight excluding hydrogens is 273 g/mol. The van der Waals surface area contributed by atoms with E-state index in [1.165, 1.54) is 6.07 Å². The van der Waals surface area contributed by atoms with Crippen molar-refractivity contribution in [2.45, 2.75) is 25.8 Å². The second-order valence-electron chi connectivity index (χ2n) is 4.83. The lowest BCUT2D eigenvalue weighted by Gasteiger charge is -2.11. The average Bonchev–Trinajstić information content (AvgIpc) is 2.66. The first kappa shape index (κ1) is 11.9. The van der Waals surface area contributed by atoms with Gasteiger partial charge in [-0.1, -0.05) is 29.8 Å². The van der Waals surface area contributed by atoms with Crippen LogP contribution in [0.3, 0.4) is 0 Å². The lowest BCUT2D eigenvalue weighted by molar-refractivity contribution is 0.401. The van der Waals surface area contributed by atoms with Crippen molar-refractivity contribution in [2.24, 2.45) is 11.1 Å². The van der Waals surface area contributed by atoms with Gasteiger partial charge in [-0.3, -0.25) is 0 Å². The minimum Gasteiger partial charge on any atom is -0.496 e. The molecule has 0 heterocycles. The Labute approximate surface area is 103 Å². The van der Waals surface area contributed by atoms with Gasteiger partial charge < -0.3 is 10.5 Å². The molecule has 2 atom stereocenters. The Kier molecular flexibility index (Phi) is 2.75. The van der Waals surface area contributed by atoms with Crippen molar-refractivity contribution in [1.82, 2.24) is 0 Å². The molecule has 0 bridgehead atoms. The van der Waals surface area contributed by atoms with Crippen molar-refractivity contribution in [3.63, 3.8) is 0 Å². The molecule has 1 saturated carbocycles. The van der Waals surface area contributed by atoms with Gasteiger partial charge in [-0.05, 0) is 17.5 Å². The summed E-state index contributed by atoms with van der Waals surface area (Å²) in [6.45, 7) is 4.09. The van der Waals surface area contributed by atoms with Crippen LogP contribution < -0.4 is 10.5 Å². The molecule has 4 heteroatoms. The van der Waals surface area contributed by atoms with Gasteiger partial charge >= 0.3 is 0 Å². The number of rotatable bonds is 2. The maximum Gasteiger partial charge on any atom is 0.131 e. The van der Waals surface area contributed by atoms with Gasteiger partial charge in [0.15, 0.2) is 0 Å². The molecule has 88 valence electrons. The Bertz CT molecular complexity index is 433. The molecule has 2 rings (SSSR count). The standard InChI is InChI=1S/C12H15BrFNO/c1-12(2)10(11(12)15)9-7(14)4-6(13)5-8(9)16-3/h4-5,10-11H,15H2,1-3H3/t10-,11-/m1/s1. The fourth-order valence-electron chi connectivity index (χ4n) is 2.26. The number of methoxy groups -OCH3 is 1.